The van der Waals surface area contributed by atoms with Gasteiger partial charge < -0.3 is 5.11 Å². The van der Waals surface area contributed by atoms with Crippen molar-refractivity contribution in [2.75, 3.05) is 0 Å². The molecule has 0 radical (unpaired) electrons. The molecule has 1 N–H and O–H groups in total. The molecule has 2 aromatic rings. The zero-order chi connectivity index (χ0) is 10.1. The van der Waals surface area contributed by atoms with Crippen LogP contribution in [-0.4, -0.2) is 5.11 Å². The minimum absolute atomic E-state index is 0.0681. The molecule has 14 heavy (non-hydrogen) atoms. The first-order chi connectivity index (χ1) is 6.76. The summed E-state index contributed by atoms with van der Waals surface area (Å²) in [5, 5.41) is 10.8. The summed E-state index contributed by atoms with van der Waals surface area (Å²) in [5.74, 6) is 0.401. The fraction of sp³-hybridized carbons (Fsp3) is 0.200. The van der Waals surface area contributed by atoms with Crippen LogP contribution in [0.1, 0.15) is 10.4 Å². The predicted molar refractivity (Wildman–Crippen MR) is 62.3 cm³/mol. The van der Waals surface area contributed by atoms with Crippen LogP contribution in [0.3, 0.4) is 0 Å². The van der Waals surface area contributed by atoms with Crippen molar-refractivity contribution in [1.29, 1.82) is 0 Å². The van der Waals surface area contributed by atoms with E-state index in [4.69, 9.17) is 28.3 Å². The Hall–Kier alpha value is -0.280. The molecule has 0 unspecified atom stereocenters. The Labute approximate surface area is 95.9 Å². The molecule has 1 heterocycles. The second kappa shape index (κ2) is 4.07. The second-order valence-corrected chi connectivity index (χ2v) is 4.78. The summed E-state index contributed by atoms with van der Waals surface area (Å²) in [5.41, 5.74) is 0.946. The third-order valence-corrected chi connectivity index (χ3v) is 3.80. The van der Waals surface area contributed by atoms with Gasteiger partial charge in [0.1, 0.15) is 0 Å². The smallest absolute Gasteiger partial charge is 0.0774 e. The maximum absolute atomic E-state index is 9.02. The summed E-state index contributed by atoms with van der Waals surface area (Å²) in [6.07, 6.45) is 0. The number of aliphatic hydroxyl groups excluding tert-OH is 1. The molecule has 0 atom stereocenters. The summed E-state index contributed by atoms with van der Waals surface area (Å²) >= 11 is 13.4. The summed E-state index contributed by atoms with van der Waals surface area (Å²) in [6.45, 7) is 0.0681. The van der Waals surface area contributed by atoms with Gasteiger partial charge in [-0.2, -0.15) is 0 Å². The van der Waals surface area contributed by atoms with Gasteiger partial charge in [0.25, 0.3) is 0 Å². The predicted octanol–water partition coefficient (Wildman–Crippen LogP) is 3.79. The number of rotatable bonds is 2. The van der Waals surface area contributed by atoms with Crippen LogP contribution in [-0.2, 0) is 12.5 Å². The minimum atomic E-state index is 0.0681. The number of fused-ring (bicyclic) bond motifs is 1. The van der Waals surface area contributed by atoms with Gasteiger partial charge in [0.15, 0.2) is 0 Å². The van der Waals surface area contributed by atoms with Crippen LogP contribution in [0.5, 0.6) is 0 Å². The summed E-state index contributed by atoms with van der Waals surface area (Å²) in [7, 11) is 0. The molecule has 2 rings (SSSR count). The van der Waals surface area contributed by atoms with E-state index < -0.39 is 0 Å². The molecular weight excluding hydrogens is 239 g/mol. The summed E-state index contributed by atoms with van der Waals surface area (Å²) < 4.78 is 1.12. The van der Waals surface area contributed by atoms with Crippen LogP contribution >= 0.6 is 34.5 Å². The Balaban J connectivity index is 2.73. The first kappa shape index (κ1) is 10.2. The van der Waals surface area contributed by atoms with Crippen molar-refractivity contribution >= 4 is 44.6 Å². The lowest BCUT2D eigenvalue weighted by Crippen LogP contribution is -1.80. The van der Waals surface area contributed by atoms with Gasteiger partial charge in [0.2, 0.25) is 0 Å². The van der Waals surface area contributed by atoms with Crippen molar-refractivity contribution in [2.45, 2.75) is 12.5 Å². The van der Waals surface area contributed by atoms with Gasteiger partial charge in [-0.15, -0.1) is 22.9 Å². The lowest BCUT2D eigenvalue weighted by atomic mass is 10.1. The van der Waals surface area contributed by atoms with E-state index in [1.165, 1.54) is 0 Å². The van der Waals surface area contributed by atoms with E-state index in [1.54, 1.807) is 11.3 Å². The lowest BCUT2D eigenvalue weighted by Gasteiger charge is -2.00. The molecule has 1 aromatic carbocycles. The first-order valence-electron chi connectivity index (χ1n) is 4.13. The average Bonchev–Trinajstić information content (AvgIpc) is 2.60. The lowest BCUT2D eigenvalue weighted by molar-refractivity contribution is 0.285. The number of halogens is 2. The van der Waals surface area contributed by atoms with Gasteiger partial charge in [-0.1, -0.05) is 11.6 Å². The van der Waals surface area contributed by atoms with Crippen molar-refractivity contribution in [3.8, 4) is 0 Å². The number of aliphatic hydroxyl groups is 1. The Morgan fingerprint density at radius 1 is 1.36 bits per heavy atom. The number of thiophene rings is 1. The molecule has 0 aliphatic heterocycles. The van der Waals surface area contributed by atoms with E-state index in [2.05, 4.69) is 0 Å². The normalized spacial score (nSPS) is 11.1. The van der Waals surface area contributed by atoms with E-state index in [1.807, 2.05) is 18.2 Å². The quantitative estimate of drug-likeness (QED) is 0.800. The van der Waals surface area contributed by atoms with E-state index in [0.29, 0.717) is 10.9 Å². The molecule has 74 valence electrons. The molecule has 0 saturated carbocycles. The molecule has 0 spiro atoms. The van der Waals surface area contributed by atoms with Gasteiger partial charge >= 0.3 is 0 Å². The topological polar surface area (TPSA) is 20.2 Å². The average molecular weight is 247 g/mol. The highest BCUT2D eigenvalue weighted by Gasteiger charge is 2.08. The van der Waals surface area contributed by atoms with Crippen LogP contribution in [0.25, 0.3) is 10.1 Å². The fourth-order valence-electron chi connectivity index (χ4n) is 1.41. The molecule has 0 saturated heterocycles. The van der Waals surface area contributed by atoms with E-state index in [-0.39, 0.29) is 6.61 Å². The number of hydrogen-bond donors (Lipinski definition) is 1. The third-order valence-electron chi connectivity index (χ3n) is 2.10. The van der Waals surface area contributed by atoms with Crippen molar-refractivity contribution in [1.82, 2.24) is 0 Å². The Kier molecular flexibility index (Phi) is 2.98. The highest BCUT2D eigenvalue weighted by Crippen LogP contribution is 2.33. The zero-order valence-electron chi connectivity index (χ0n) is 7.26. The minimum Gasteiger partial charge on any atom is -0.391 e. The van der Waals surface area contributed by atoms with Crippen molar-refractivity contribution in [2.24, 2.45) is 0 Å². The molecule has 4 heteroatoms. The van der Waals surface area contributed by atoms with Crippen LogP contribution in [0.2, 0.25) is 5.02 Å². The number of benzene rings is 1. The van der Waals surface area contributed by atoms with Gasteiger partial charge in [0.05, 0.1) is 6.61 Å². The Morgan fingerprint density at radius 3 is 2.79 bits per heavy atom. The maximum atomic E-state index is 9.02. The molecule has 0 aliphatic carbocycles. The molecular formula is C10H8Cl2OS. The Morgan fingerprint density at radius 2 is 2.14 bits per heavy atom. The van der Waals surface area contributed by atoms with E-state index >= 15 is 0 Å². The SMILES string of the molecule is OCc1cc2c(CCl)c(Cl)ccc2s1. The maximum Gasteiger partial charge on any atom is 0.0774 e. The molecule has 0 aliphatic rings. The second-order valence-electron chi connectivity index (χ2n) is 2.94. The van der Waals surface area contributed by atoms with Gasteiger partial charge in [-0.25, -0.2) is 0 Å². The van der Waals surface area contributed by atoms with Crippen LogP contribution < -0.4 is 0 Å². The first-order valence-corrected chi connectivity index (χ1v) is 5.85. The number of alkyl halides is 1. The van der Waals surface area contributed by atoms with Gasteiger partial charge in [0, 0.05) is 20.5 Å². The molecule has 0 amide bonds. The standard InChI is InChI=1S/C10H8Cl2OS/c11-4-8-7-3-6(5-13)14-10(7)2-1-9(8)12/h1-3,13H,4-5H2. The van der Waals surface area contributed by atoms with Crippen LogP contribution in [0.4, 0.5) is 0 Å². The van der Waals surface area contributed by atoms with Gasteiger partial charge in [-0.05, 0) is 29.1 Å². The summed E-state index contributed by atoms with van der Waals surface area (Å²) in [4.78, 5) is 0.939. The van der Waals surface area contributed by atoms with Crippen molar-refractivity contribution in [3.63, 3.8) is 0 Å². The highest BCUT2D eigenvalue weighted by atomic mass is 35.5. The fourth-order valence-corrected chi connectivity index (χ4v) is 2.95. The molecule has 0 bridgehead atoms. The van der Waals surface area contributed by atoms with E-state index in [0.717, 1.165) is 20.5 Å². The molecule has 0 fully saturated rings. The largest absolute Gasteiger partial charge is 0.391 e. The molecule has 1 nitrogen and oxygen atoms in total. The Bertz CT molecular complexity index is 464. The third kappa shape index (κ3) is 1.63. The highest BCUT2D eigenvalue weighted by molar-refractivity contribution is 7.19. The van der Waals surface area contributed by atoms with Crippen molar-refractivity contribution < 1.29 is 5.11 Å². The number of hydrogen-bond acceptors (Lipinski definition) is 2. The van der Waals surface area contributed by atoms with Gasteiger partial charge in [-0.3, -0.25) is 0 Å². The van der Waals surface area contributed by atoms with E-state index in [9.17, 15) is 0 Å². The van der Waals surface area contributed by atoms with Crippen LogP contribution in [0, 0.1) is 0 Å². The summed E-state index contributed by atoms with van der Waals surface area (Å²) in [6, 6.07) is 5.75. The zero-order valence-corrected chi connectivity index (χ0v) is 9.59. The van der Waals surface area contributed by atoms with Crippen LogP contribution in [0.15, 0.2) is 18.2 Å². The molecule has 1 aromatic heterocycles. The monoisotopic (exact) mass is 246 g/mol. The van der Waals surface area contributed by atoms with Crippen molar-refractivity contribution in [3.05, 3.63) is 33.7 Å².